The zero-order valence-corrected chi connectivity index (χ0v) is 16.8. The van der Waals surface area contributed by atoms with Crippen molar-refractivity contribution in [2.24, 2.45) is 0 Å². The highest BCUT2D eigenvalue weighted by atomic mass is 35.5. The van der Waals surface area contributed by atoms with Gasteiger partial charge in [0.1, 0.15) is 17.1 Å². The van der Waals surface area contributed by atoms with Gasteiger partial charge >= 0.3 is 0 Å². The van der Waals surface area contributed by atoms with Crippen molar-refractivity contribution in [1.29, 1.82) is 0 Å². The topological polar surface area (TPSA) is 78.5 Å². The van der Waals surface area contributed by atoms with Gasteiger partial charge < -0.3 is 14.7 Å². The third-order valence-corrected chi connectivity index (χ3v) is 5.35. The number of phenols is 1. The summed E-state index contributed by atoms with van der Waals surface area (Å²) in [6, 6.07) is 14.2. The number of para-hydroxylation sites is 1. The molecule has 6 nitrogen and oxygen atoms in total. The molecular weight excluding hydrogens is 390 g/mol. The second kappa shape index (κ2) is 8.27. The van der Waals surface area contributed by atoms with Crippen LogP contribution in [0.25, 0.3) is 11.3 Å². The second-order valence-electron chi connectivity index (χ2n) is 6.88. The molecule has 1 aromatic heterocycles. The molecule has 0 radical (unpaired) electrons. The minimum Gasteiger partial charge on any atom is -0.507 e. The lowest BCUT2D eigenvalue weighted by atomic mass is 9.95. The Hall–Kier alpha value is -2.83. The summed E-state index contributed by atoms with van der Waals surface area (Å²) in [5.41, 5.74) is 3.34. The fraction of sp³-hybridized carbons (Fsp3) is 0.273. The molecule has 0 spiro atoms. The maximum atomic E-state index is 13.2. The minimum absolute atomic E-state index is 0.106. The van der Waals surface area contributed by atoms with Crippen molar-refractivity contribution in [3.8, 4) is 17.0 Å². The molecule has 1 atom stereocenters. The Bertz CT molecular complexity index is 1020. The van der Waals surface area contributed by atoms with Gasteiger partial charge in [-0.15, -0.1) is 0 Å². The Balaban J connectivity index is 1.78. The summed E-state index contributed by atoms with van der Waals surface area (Å²) in [6.45, 7) is 3.74. The van der Waals surface area contributed by atoms with E-state index in [9.17, 15) is 9.90 Å². The zero-order chi connectivity index (χ0) is 20.4. The van der Waals surface area contributed by atoms with Crippen molar-refractivity contribution in [2.45, 2.75) is 19.4 Å². The van der Waals surface area contributed by atoms with Crippen molar-refractivity contribution in [3.05, 3.63) is 70.4 Å². The SMILES string of the molecule is CCOCCCN1C(=O)c2[nH]nc(-c3ccccc3O)c2[C@H]1c1ccc(Cl)cc1. The largest absolute Gasteiger partial charge is 0.507 e. The van der Waals surface area contributed by atoms with E-state index in [2.05, 4.69) is 10.2 Å². The molecule has 0 aliphatic carbocycles. The third kappa shape index (κ3) is 3.61. The number of hydrogen-bond donors (Lipinski definition) is 2. The number of fused-ring (bicyclic) bond motifs is 1. The summed E-state index contributed by atoms with van der Waals surface area (Å²) in [5, 5.41) is 18.3. The summed E-state index contributed by atoms with van der Waals surface area (Å²) >= 11 is 6.08. The fourth-order valence-electron chi connectivity index (χ4n) is 3.78. The van der Waals surface area contributed by atoms with Gasteiger partial charge in [-0.05, 0) is 43.2 Å². The van der Waals surface area contributed by atoms with E-state index >= 15 is 0 Å². The van der Waals surface area contributed by atoms with Gasteiger partial charge in [-0.2, -0.15) is 5.10 Å². The number of carbonyl (C=O) groups is 1. The number of rotatable bonds is 7. The maximum absolute atomic E-state index is 13.2. The molecule has 0 fully saturated rings. The van der Waals surface area contributed by atoms with Crippen molar-refractivity contribution in [1.82, 2.24) is 15.1 Å². The standard InChI is InChI=1S/C22H22ClN3O3/c1-2-29-13-5-12-26-21(14-8-10-15(23)11-9-14)18-19(24-25-20(18)22(26)28)16-6-3-4-7-17(16)27/h3-4,6-11,21,27H,2,5,12-13H2,1H3,(H,24,25)/t21-/m1/s1. The molecule has 29 heavy (non-hydrogen) atoms. The Kier molecular flexibility index (Phi) is 5.56. The number of ether oxygens (including phenoxy) is 1. The van der Waals surface area contributed by atoms with Crippen LogP contribution in [-0.4, -0.2) is 45.9 Å². The van der Waals surface area contributed by atoms with Gasteiger partial charge in [-0.25, -0.2) is 0 Å². The summed E-state index contributed by atoms with van der Waals surface area (Å²) in [7, 11) is 0. The van der Waals surface area contributed by atoms with E-state index in [1.54, 1.807) is 18.2 Å². The molecule has 0 bridgehead atoms. The van der Waals surface area contributed by atoms with Crippen LogP contribution in [0.3, 0.4) is 0 Å². The van der Waals surface area contributed by atoms with E-state index in [1.165, 1.54) is 0 Å². The van der Waals surface area contributed by atoms with Crippen LogP contribution in [0.5, 0.6) is 5.75 Å². The first-order valence-corrected chi connectivity index (χ1v) is 10.0. The molecule has 4 rings (SSSR count). The van der Waals surface area contributed by atoms with Crippen LogP contribution in [0, 0.1) is 0 Å². The number of aromatic amines is 1. The van der Waals surface area contributed by atoms with Gasteiger partial charge in [0.05, 0.1) is 6.04 Å². The van der Waals surface area contributed by atoms with Crippen molar-refractivity contribution in [3.63, 3.8) is 0 Å². The summed E-state index contributed by atoms with van der Waals surface area (Å²) in [5.74, 6) is 0.0181. The van der Waals surface area contributed by atoms with Gasteiger partial charge in [0.15, 0.2) is 0 Å². The molecule has 3 aromatic rings. The van der Waals surface area contributed by atoms with Gasteiger partial charge in [0.25, 0.3) is 5.91 Å². The smallest absolute Gasteiger partial charge is 0.273 e. The lowest BCUT2D eigenvalue weighted by Gasteiger charge is -2.26. The van der Waals surface area contributed by atoms with Crippen LogP contribution in [0.1, 0.15) is 41.0 Å². The lowest BCUT2D eigenvalue weighted by Crippen LogP contribution is -2.31. The summed E-state index contributed by atoms with van der Waals surface area (Å²) < 4.78 is 5.44. The molecule has 150 valence electrons. The highest BCUT2D eigenvalue weighted by Crippen LogP contribution is 2.44. The third-order valence-electron chi connectivity index (χ3n) is 5.10. The highest BCUT2D eigenvalue weighted by molar-refractivity contribution is 6.30. The minimum atomic E-state index is -0.315. The first-order chi connectivity index (χ1) is 14.1. The molecule has 2 heterocycles. The Morgan fingerprint density at radius 2 is 1.97 bits per heavy atom. The van der Waals surface area contributed by atoms with Crippen LogP contribution in [0.2, 0.25) is 5.02 Å². The van der Waals surface area contributed by atoms with Crippen molar-refractivity contribution >= 4 is 17.5 Å². The monoisotopic (exact) mass is 411 g/mol. The van der Waals surface area contributed by atoms with Gasteiger partial charge in [0, 0.05) is 35.9 Å². The molecule has 1 aliphatic rings. The molecule has 0 saturated heterocycles. The molecule has 2 N–H and O–H groups in total. The quantitative estimate of drug-likeness (QED) is 0.564. The average Bonchev–Trinajstić information content (AvgIpc) is 3.26. The molecule has 2 aromatic carbocycles. The van der Waals surface area contributed by atoms with E-state index < -0.39 is 0 Å². The number of benzene rings is 2. The lowest BCUT2D eigenvalue weighted by molar-refractivity contribution is 0.0710. The zero-order valence-electron chi connectivity index (χ0n) is 16.1. The molecule has 1 aliphatic heterocycles. The second-order valence-corrected chi connectivity index (χ2v) is 7.32. The number of hydrogen-bond acceptors (Lipinski definition) is 4. The van der Waals surface area contributed by atoms with Crippen LogP contribution >= 0.6 is 11.6 Å². The molecule has 0 unspecified atom stereocenters. The Labute approximate surface area is 174 Å². The number of aromatic nitrogens is 2. The predicted octanol–water partition coefficient (Wildman–Crippen LogP) is 4.41. The van der Waals surface area contributed by atoms with E-state index in [-0.39, 0.29) is 17.7 Å². The van der Waals surface area contributed by atoms with Crippen LogP contribution in [0.4, 0.5) is 0 Å². The molecular formula is C22H22ClN3O3. The number of halogens is 1. The maximum Gasteiger partial charge on any atom is 0.273 e. The highest BCUT2D eigenvalue weighted by Gasteiger charge is 2.42. The molecule has 1 amide bonds. The number of amides is 1. The molecule has 7 heteroatoms. The number of aromatic hydroxyl groups is 1. The number of nitrogens with one attached hydrogen (secondary N) is 1. The Morgan fingerprint density at radius 1 is 1.21 bits per heavy atom. The van der Waals surface area contributed by atoms with Gasteiger partial charge in [0.2, 0.25) is 0 Å². The van der Waals surface area contributed by atoms with E-state index in [1.807, 2.05) is 42.2 Å². The van der Waals surface area contributed by atoms with Crippen LogP contribution in [0.15, 0.2) is 48.5 Å². The first kappa shape index (κ1) is 19.5. The summed E-state index contributed by atoms with van der Waals surface area (Å²) in [6.07, 6.45) is 0.729. The van der Waals surface area contributed by atoms with Gasteiger partial charge in [-0.3, -0.25) is 9.89 Å². The van der Waals surface area contributed by atoms with E-state index in [0.29, 0.717) is 41.7 Å². The fourth-order valence-corrected chi connectivity index (χ4v) is 3.91. The van der Waals surface area contributed by atoms with Crippen molar-refractivity contribution < 1.29 is 14.6 Å². The van der Waals surface area contributed by atoms with Crippen LogP contribution in [-0.2, 0) is 4.74 Å². The summed E-state index contributed by atoms with van der Waals surface area (Å²) in [4.78, 5) is 15.0. The van der Waals surface area contributed by atoms with Crippen LogP contribution < -0.4 is 0 Å². The number of phenolic OH excluding ortho intramolecular Hbond substituents is 1. The van der Waals surface area contributed by atoms with Gasteiger partial charge in [-0.1, -0.05) is 35.9 Å². The van der Waals surface area contributed by atoms with E-state index in [0.717, 1.165) is 17.5 Å². The predicted molar refractivity (Wildman–Crippen MR) is 111 cm³/mol. The average molecular weight is 412 g/mol. The first-order valence-electron chi connectivity index (χ1n) is 9.62. The Morgan fingerprint density at radius 3 is 2.69 bits per heavy atom. The number of carbonyl (C=O) groups excluding carboxylic acids is 1. The van der Waals surface area contributed by atoms with E-state index in [4.69, 9.17) is 16.3 Å². The van der Waals surface area contributed by atoms with Crippen molar-refractivity contribution in [2.75, 3.05) is 19.8 Å². The number of nitrogens with zero attached hydrogens (tertiary/aromatic N) is 2. The number of H-pyrrole nitrogens is 1. The normalized spacial score (nSPS) is 15.7. The molecule has 0 saturated carbocycles.